The summed E-state index contributed by atoms with van der Waals surface area (Å²) in [6, 6.07) is 0. The normalized spacial score (nSPS) is 31.5. The summed E-state index contributed by atoms with van der Waals surface area (Å²) in [5.41, 5.74) is 1.65. The highest BCUT2D eigenvalue weighted by Gasteiger charge is 2.31. The van der Waals surface area contributed by atoms with Gasteiger partial charge in [-0.15, -0.1) is 6.58 Å². The Balaban J connectivity index is 1.31. The minimum atomic E-state index is 0.771. The molecule has 0 bridgehead atoms. The number of unbranched alkanes of at least 4 members (excludes halogenated alkanes) is 7. The van der Waals surface area contributed by atoms with Crippen molar-refractivity contribution in [3.05, 3.63) is 37.0 Å². The molecule has 0 N–H and O–H groups in total. The maximum absolute atomic E-state index is 4.77. The minimum Gasteiger partial charge on any atom is -0.103 e. The molecule has 3 fully saturated rings. The Morgan fingerprint density at radius 3 is 2.00 bits per heavy atom. The maximum Gasteiger partial charge on any atom is -0.0140 e. The largest absolute Gasteiger partial charge is 0.103 e. The van der Waals surface area contributed by atoms with E-state index in [1.807, 2.05) is 0 Å². The summed E-state index contributed by atoms with van der Waals surface area (Å²) in [6.45, 7) is 11.1. The predicted octanol–water partition coefficient (Wildman–Crippen LogP) is 12.0. The quantitative estimate of drug-likeness (QED) is 0.148. The first kappa shape index (κ1) is 29.8. The molecule has 2 atom stereocenters. The lowest BCUT2D eigenvalue weighted by atomic mass is 9.68. The fourth-order valence-corrected chi connectivity index (χ4v) is 7.86. The Morgan fingerprint density at radius 2 is 1.31 bits per heavy atom. The molecule has 3 saturated carbocycles. The lowest BCUT2D eigenvalue weighted by Gasteiger charge is -2.37. The van der Waals surface area contributed by atoms with Crippen LogP contribution in [0, 0.1) is 35.5 Å². The third-order valence-electron chi connectivity index (χ3n) is 10.5. The maximum atomic E-state index is 4.77. The monoisotopic (exact) mass is 494 g/mol. The molecule has 0 nitrogen and oxygen atoms in total. The lowest BCUT2D eigenvalue weighted by molar-refractivity contribution is 0.242. The average Bonchev–Trinajstić information content (AvgIpc) is 2.93. The highest BCUT2D eigenvalue weighted by Crippen LogP contribution is 2.44. The zero-order chi connectivity index (χ0) is 25.4. The van der Waals surface area contributed by atoms with Crippen LogP contribution in [0.2, 0.25) is 0 Å². The third kappa shape index (κ3) is 10.5. The Kier molecular flexibility index (Phi) is 14.6. The molecule has 0 aliphatic heterocycles. The molecule has 36 heavy (non-hydrogen) atoms. The van der Waals surface area contributed by atoms with Crippen molar-refractivity contribution in [2.75, 3.05) is 0 Å². The van der Waals surface area contributed by atoms with E-state index in [2.05, 4.69) is 31.7 Å². The molecule has 0 radical (unpaired) electrons. The van der Waals surface area contributed by atoms with Gasteiger partial charge in [-0.3, -0.25) is 0 Å². The summed E-state index contributed by atoms with van der Waals surface area (Å²) in [5.74, 6) is 5.14. The summed E-state index contributed by atoms with van der Waals surface area (Å²) in [6.07, 6.45) is 40.3. The van der Waals surface area contributed by atoms with Gasteiger partial charge in [0.25, 0.3) is 0 Å². The van der Waals surface area contributed by atoms with E-state index in [4.69, 9.17) is 6.58 Å². The first-order chi connectivity index (χ1) is 17.7. The molecule has 206 valence electrons. The van der Waals surface area contributed by atoms with Gasteiger partial charge in [-0.05, 0) is 113 Å². The predicted molar refractivity (Wildman–Crippen MR) is 161 cm³/mol. The molecular weight excluding hydrogens is 432 g/mol. The molecule has 0 heterocycles. The van der Waals surface area contributed by atoms with Gasteiger partial charge in [-0.2, -0.15) is 0 Å². The fourth-order valence-electron chi connectivity index (χ4n) is 7.86. The highest BCUT2D eigenvalue weighted by molar-refractivity contribution is 5.13. The average molecular weight is 495 g/mol. The van der Waals surface area contributed by atoms with E-state index in [1.54, 1.807) is 5.57 Å². The zero-order valence-corrected chi connectivity index (χ0v) is 24.4. The molecule has 0 aromatic rings. The Hall–Kier alpha value is -0.780. The molecule has 3 aliphatic rings. The number of allylic oxidation sites excluding steroid dienone is 4. The van der Waals surface area contributed by atoms with Crippen molar-refractivity contribution in [1.29, 1.82) is 0 Å². The van der Waals surface area contributed by atoms with Gasteiger partial charge in [-0.1, -0.05) is 108 Å². The first-order valence-electron chi connectivity index (χ1n) is 16.7. The van der Waals surface area contributed by atoms with Crippen LogP contribution in [0.1, 0.15) is 155 Å². The molecule has 0 spiro atoms. The van der Waals surface area contributed by atoms with E-state index in [0.717, 1.165) is 35.5 Å². The van der Waals surface area contributed by atoms with E-state index < -0.39 is 0 Å². The van der Waals surface area contributed by atoms with Crippen LogP contribution in [0.4, 0.5) is 0 Å². The second-order valence-electron chi connectivity index (χ2n) is 13.1. The van der Waals surface area contributed by atoms with Crippen molar-refractivity contribution in [2.45, 2.75) is 155 Å². The van der Waals surface area contributed by atoms with Crippen molar-refractivity contribution in [2.24, 2.45) is 35.5 Å². The van der Waals surface area contributed by atoms with E-state index >= 15 is 0 Å². The lowest BCUT2D eigenvalue weighted by Crippen LogP contribution is -2.26. The zero-order valence-electron chi connectivity index (χ0n) is 24.4. The Bertz CT molecular complexity index is 610. The number of rotatable bonds is 16. The first-order valence-corrected chi connectivity index (χ1v) is 16.7. The van der Waals surface area contributed by atoms with Crippen LogP contribution < -0.4 is 0 Å². The van der Waals surface area contributed by atoms with Crippen molar-refractivity contribution in [3.63, 3.8) is 0 Å². The number of hydrogen-bond acceptors (Lipinski definition) is 0. The fraction of sp³-hybridized carbons (Fsp3) is 0.833. The van der Waals surface area contributed by atoms with Gasteiger partial charge in [-0.25, -0.2) is 0 Å². The second kappa shape index (κ2) is 17.7. The smallest absolute Gasteiger partial charge is 0.0140 e. The van der Waals surface area contributed by atoms with Gasteiger partial charge in [0, 0.05) is 0 Å². The van der Waals surface area contributed by atoms with Gasteiger partial charge in [0.15, 0.2) is 0 Å². The van der Waals surface area contributed by atoms with E-state index in [1.165, 1.54) is 148 Å². The Morgan fingerprint density at radius 1 is 0.694 bits per heavy atom. The topological polar surface area (TPSA) is 0 Å². The van der Waals surface area contributed by atoms with Crippen LogP contribution in [0.5, 0.6) is 0 Å². The molecular formula is C36H62. The molecule has 0 amide bonds. The van der Waals surface area contributed by atoms with Crippen LogP contribution in [-0.2, 0) is 0 Å². The number of hydrogen-bond donors (Lipinski definition) is 0. The second-order valence-corrected chi connectivity index (χ2v) is 13.1. The molecule has 0 saturated heterocycles. The van der Waals surface area contributed by atoms with E-state index in [-0.39, 0.29) is 0 Å². The van der Waals surface area contributed by atoms with Crippen LogP contribution in [-0.4, -0.2) is 0 Å². The van der Waals surface area contributed by atoms with Gasteiger partial charge in [0.1, 0.15) is 0 Å². The van der Waals surface area contributed by atoms with Crippen molar-refractivity contribution in [1.82, 2.24) is 0 Å². The molecule has 0 heteroatoms. The summed E-state index contributed by atoms with van der Waals surface area (Å²) < 4.78 is 0. The standard InChI is InChI=1S/C36H62/c1-4-6-7-8-9-10-11-12-17-33-26-28-34(29-27-33)30(3)36-21-16-15-20-35(36)19-14-13-18-32-24-22-31(5-2)23-25-32/h5,14,19,31-36H,2-4,6-13,15-18,20-29H2,1H3/b19-14+. The van der Waals surface area contributed by atoms with Crippen LogP contribution in [0.15, 0.2) is 37.0 Å². The van der Waals surface area contributed by atoms with Gasteiger partial charge in [0.2, 0.25) is 0 Å². The van der Waals surface area contributed by atoms with Crippen molar-refractivity contribution in [3.8, 4) is 0 Å². The van der Waals surface area contributed by atoms with Gasteiger partial charge < -0.3 is 0 Å². The van der Waals surface area contributed by atoms with Crippen molar-refractivity contribution < 1.29 is 0 Å². The molecule has 2 unspecified atom stereocenters. The third-order valence-corrected chi connectivity index (χ3v) is 10.5. The molecule has 3 rings (SSSR count). The van der Waals surface area contributed by atoms with Gasteiger partial charge >= 0.3 is 0 Å². The highest BCUT2D eigenvalue weighted by atomic mass is 14.4. The van der Waals surface area contributed by atoms with E-state index in [9.17, 15) is 0 Å². The van der Waals surface area contributed by atoms with Crippen LogP contribution in [0.3, 0.4) is 0 Å². The van der Waals surface area contributed by atoms with Crippen LogP contribution >= 0.6 is 0 Å². The molecule has 0 aromatic heterocycles. The SMILES string of the molecule is C=CC1CCC(CC/C=C/C2CCCCC2C(=C)C2CCC(CCCCCCCCCC)CC2)CC1. The summed E-state index contributed by atoms with van der Waals surface area (Å²) in [5, 5.41) is 0. The van der Waals surface area contributed by atoms with Crippen molar-refractivity contribution >= 4 is 0 Å². The molecule has 0 aromatic carbocycles. The Labute approximate surface area is 226 Å². The summed E-state index contributed by atoms with van der Waals surface area (Å²) in [7, 11) is 0. The summed E-state index contributed by atoms with van der Waals surface area (Å²) >= 11 is 0. The molecule has 3 aliphatic carbocycles. The van der Waals surface area contributed by atoms with E-state index in [0.29, 0.717) is 0 Å². The minimum absolute atomic E-state index is 0.771. The van der Waals surface area contributed by atoms with Crippen LogP contribution in [0.25, 0.3) is 0 Å². The summed E-state index contributed by atoms with van der Waals surface area (Å²) in [4.78, 5) is 0. The van der Waals surface area contributed by atoms with Gasteiger partial charge in [0.05, 0.1) is 0 Å².